The quantitative estimate of drug-likeness (QED) is 0.465. The Morgan fingerprint density at radius 2 is 2.23 bits per heavy atom. The molecule has 0 amide bonds. The van der Waals surface area contributed by atoms with E-state index in [9.17, 15) is 9.59 Å². The Kier molecular flexibility index (Phi) is 1.30. The van der Waals surface area contributed by atoms with Crippen molar-refractivity contribution in [1.82, 2.24) is 19.2 Å². The minimum atomic E-state index is -0.510. The maximum atomic E-state index is 11.4. The van der Waals surface area contributed by atoms with E-state index in [1.807, 2.05) is 0 Å². The highest BCUT2D eigenvalue weighted by molar-refractivity contribution is 5.68. The van der Waals surface area contributed by atoms with Gasteiger partial charge < -0.3 is 5.84 Å². The monoisotopic (exact) mass is 181 g/mol. The molecule has 3 N–H and O–H groups in total. The second kappa shape index (κ2) is 2.22. The van der Waals surface area contributed by atoms with Gasteiger partial charge in [0.2, 0.25) is 0 Å². The topological polar surface area (TPSA) is 98.7 Å². The molecule has 2 rings (SSSR count). The highest BCUT2D eigenvalue weighted by atomic mass is 16.2. The molecule has 7 heteroatoms. The second-order valence-electron chi connectivity index (χ2n) is 2.64. The zero-order valence-corrected chi connectivity index (χ0v) is 6.81. The first-order chi connectivity index (χ1) is 6.11. The number of nitrogen functional groups attached to an aromatic ring is 1. The maximum Gasteiger partial charge on any atom is 0.329 e. The minimum Gasteiger partial charge on any atom is -0.336 e. The first-order valence-electron chi connectivity index (χ1n) is 3.52. The van der Waals surface area contributed by atoms with E-state index < -0.39 is 11.2 Å². The lowest BCUT2D eigenvalue weighted by atomic mass is 10.5. The van der Waals surface area contributed by atoms with E-state index in [0.29, 0.717) is 0 Å². The molecule has 2 heterocycles. The molecule has 0 saturated heterocycles. The van der Waals surface area contributed by atoms with Crippen LogP contribution >= 0.6 is 0 Å². The fourth-order valence-corrected chi connectivity index (χ4v) is 1.08. The standard InChI is InChI=1S/C6H7N5O2/c1-10-5(12)3-4(9-6(10)13)11(7)2-8-3/h2H,7H2,1H3,(H,9,13). The summed E-state index contributed by atoms with van der Waals surface area (Å²) in [6.45, 7) is 0. The molecule has 0 aliphatic rings. The zero-order chi connectivity index (χ0) is 9.59. The van der Waals surface area contributed by atoms with Crippen molar-refractivity contribution in [3.8, 4) is 0 Å². The Morgan fingerprint density at radius 1 is 1.54 bits per heavy atom. The number of imidazole rings is 1. The summed E-state index contributed by atoms with van der Waals surface area (Å²) in [5, 5.41) is 0. The number of aromatic nitrogens is 4. The van der Waals surface area contributed by atoms with Gasteiger partial charge in [0.1, 0.15) is 6.33 Å². The van der Waals surface area contributed by atoms with Gasteiger partial charge in [-0.25, -0.2) is 14.5 Å². The Bertz CT molecular complexity index is 575. The van der Waals surface area contributed by atoms with Gasteiger partial charge in [-0.05, 0) is 0 Å². The van der Waals surface area contributed by atoms with Crippen molar-refractivity contribution >= 4 is 11.2 Å². The molecule has 0 bridgehead atoms. The number of fused-ring (bicyclic) bond motifs is 1. The SMILES string of the molecule is Cn1c(=O)[nH]c2c(ncn2N)c1=O. The van der Waals surface area contributed by atoms with E-state index in [2.05, 4.69) is 9.97 Å². The minimum absolute atomic E-state index is 0.157. The van der Waals surface area contributed by atoms with Crippen molar-refractivity contribution in [1.29, 1.82) is 0 Å². The van der Waals surface area contributed by atoms with Gasteiger partial charge >= 0.3 is 5.69 Å². The molecule has 68 valence electrons. The first-order valence-corrected chi connectivity index (χ1v) is 3.52. The molecule has 0 aromatic carbocycles. The van der Waals surface area contributed by atoms with Crippen LogP contribution in [0.4, 0.5) is 0 Å². The Morgan fingerprint density at radius 3 is 2.92 bits per heavy atom. The summed E-state index contributed by atoms with van der Waals surface area (Å²) in [5.74, 6) is 5.40. The van der Waals surface area contributed by atoms with E-state index in [-0.39, 0.29) is 11.2 Å². The Hall–Kier alpha value is -2.05. The number of nitrogens with one attached hydrogen (secondary N) is 1. The van der Waals surface area contributed by atoms with Crippen LogP contribution in [0.3, 0.4) is 0 Å². The molecule has 0 unspecified atom stereocenters. The average molecular weight is 181 g/mol. The van der Waals surface area contributed by atoms with Crippen LogP contribution in [0.1, 0.15) is 0 Å². The predicted molar refractivity (Wildman–Crippen MR) is 45.7 cm³/mol. The normalized spacial score (nSPS) is 10.8. The average Bonchev–Trinajstić information content (AvgIpc) is 2.45. The van der Waals surface area contributed by atoms with Gasteiger partial charge in [0, 0.05) is 7.05 Å². The summed E-state index contributed by atoms with van der Waals surface area (Å²) >= 11 is 0. The lowest BCUT2D eigenvalue weighted by Gasteiger charge is -1.96. The van der Waals surface area contributed by atoms with Gasteiger partial charge in [-0.1, -0.05) is 0 Å². The highest BCUT2D eigenvalue weighted by Gasteiger charge is 2.08. The van der Waals surface area contributed by atoms with E-state index >= 15 is 0 Å². The van der Waals surface area contributed by atoms with Gasteiger partial charge in [-0.3, -0.25) is 14.3 Å². The summed E-state index contributed by atoms with van der Waals surface area (Å²) in [4.78, 5) is 28.7. The van der Waals surface area contributed by atoms with Crippen LogP contribution in [-0.4, -0.2) is 19.2 Å². The number of aromatic amines is 1. The third-order valence-corrected chi connectivity index (χ3v) is 1.83. The third-order valence-electron chi connectivity index (χ3n) is 1.83. The van der Waals surface area contributed by atoms with Crippen LogP contribution in [0.5, 0.6) is 0 Å². The number of rotatable bonds is 0. The van der Waals surface area contributed by atoms with Crippen molar-refractivity contribution in [3.05, 3.63) is 27.2 Å². The van der Waals surface area contributed by atoms with Crippen molar-refractivity contribution in [2.24, 2.45) is 7.05 Å². The second-order valence-corrected chi connectivity index (χ2v) is 2.64. The summed E-state index contributed by atoms with van der Waals surface area (Å²) in [7, 11) is 1.37. The molecule has 0 aliphatic carbocycles. The molecule has 13 heavy (non-hydrogen) atoms. The van der Waals surface area contributed by atoms with Crippen LogP contribution in [0.25, 0.3) is 11.2 Å². The number of H-pyrrole nitrogens is 1. The molecule has 0 aliphatic heterocycles. The van der Waals surface area contributed by atoms with Gasteiger partial charge in [-0.15, -0.1) is 0 Å². The number of nitrogens with two attached hydrogens (primary N) is 1. The predicted octanol–water partition coefficient (Wildman–Crippen LogP) is -1.86. The first kappa shape index (κ1) is 7.59. The van der Waals surface area contributed by atoms with Crippen LogP contribution in [0, 0.1) is 0 Å². The largest absolute Gasteiger partial charge is 0.336 e. The number of hydrogen-bond donors (Lipinski definition) is 2. The molecule has 7 nitrogen and oxygen atoms in total. The van der Waals surface area contributed by atoms with Gasteiger partial charge in [0.15, 0.2) is 11.2 Å². The van der Waals surface area contributed by atoms with Crippen molar-refractivity contribution < 1.29 is 0 Å². The Labute approximate surface area is 71.4 Å². The molecule has 2 aromatic rings. The van der Waals surface area contributed by atoms with Crippen molar-refractivity contribution in [2.75, 3.05) is 5.84 Å². The summed E-state index contributed by atoms with van der Waals surface area (Å²) in [6.07, 6.45) is 1.27. The van der Waals surface area contributed by atoms with E-state index in [4.69, 9.17) is 5.84 Å². The van der Waals surface area contributed by atoms with Crippen LogP contribution in [-0.2, 0) is 7.05 Å². The summed E-state index contributed by atoms with van der Waals surface area (Å²) in [5.41, 5.74) is -0.578. The fourth-order valence-electron chi connectivity index (χ4n) is 1.08. The maximum absolute atomic E-state index is 11.4. The van der Waals surface area contributed by atoms with Crippen molar-refractivity contribution in [2.45, 2.75) is 0 Å². The van der Waals surface area contributed by atoms with Crippen LogP contribution in [0.15, 0.2) is 15.9 Å². The highest BCUT2D eigenvalue weighted by Crippen LogP contribution is 1.96. The Balaban J connectivity index is 3.14. The van der Waals surface area contributed by atoms with Crippen LogP contribution in [0.2, 0.25) is 0 Å². The zero-order valence-electron chi connectivity index (χ0n) is 6.81. The summed E-state index contributed by atoms with van der Waals surface area (Å²) < 4.78 is 2.04. The smallest absolute Gasteiger partial charge is 0.329 e. The third kappa shape index (κ3) is 0.866. The lowest BCUT2D eigenvalue weighted by Crippen LogP contribution is -2.33. The molecule has 0 radical (unpaired) electrons. The number of nitrogens with zero attached hydrogens (tertiary/aromatic N) is 3. The van der Waals surface area contributed by atoms with Gasteiger partial charge in [0.05, 0.1) is 0 Å². The van der Waals surface area contributed by atoms with E-state index in [0.717, 1.165) is 9.24 Å². The molecule has 0 saturated carbocycles. The van der Waals surface area contributed by atoms with Crippen LogP contribution < -0.4 is 17.1 Å². The summed E-state index contributed by atoms with van der Waals surface area (Å²) in [6, 6.07) is 0. The molecular weight excluding hydrogens is 174 g/mol. The molecule has 0 spiro atoms. The van der Waals surface area contributed by atoms with Crippen molar-refractivity contribution in [3.63, 3.8) is 0 Å². The van der Waals surface area contributed by atoms with E-state index in [1.54, 1.807) is 0 Å². The molecular formula is C6H7N5O2. The van der Waals surface area contributed by atoms with Gasteiger partial charge in [-0.2, -0.15) is 0 Å². The van der Waals surface area contributed by atoms with E-state index in [1.165, 1.54) is 13.4 Å². The molecule has 0 atom stereocenters. The fraction of sp³-hybridized carbons (Fsp3) is 0.167. The lowest BCUT2D eigenvalue weighted by molar-refractivity contribution is 0.787. The molecule has 0 fully saturated rings. The number of hydrogen-bond acceptors (Lipinski definition) is 4. The van der Waals surface area contributed by atoms with Gasteiger partial charge in [0.25, 0.3) is 5.56 Å². The molecule has 2 aromatic heterocycles.